The quantitative estimate of drug-likeness (QED) is 0.742. The first kappa shape index (κ1) is 18.3. The van der Waals surface area contributed by atoms with Crippen LogP contribution in [0.25, 0.3) is 11.0 Å². The summed E-state index contributed by atoms with van der Waals surface area (Å²) in [6, 6.07) is 7.95. The van der Waals surface area contributed by atoms with E-state index in [0.717, 1.165) is 22.7 Å². The molecule has 1 aromatic heterocycles. The molecule has 2 aromatic rings. The summed E-state index contributed by atoms with van der Waals surface area (Å²) in [7, 11) is 0. The molecule has 2 rings (SSSR count). The number of carbonyl (C=O) groups excluding carboxylic acids is 2. The predicted molar refractivity (Wildman–Crippen MR) is 97.1 cm³/mol. The van der Waals surface area contributed by atoms with Crippen molar-refractivity contribution in [2.24, 2.45) is 0 Å². The third kappa shape index (κ3) is 4.29. The van der Waals surface area contributed by atoms with E-state index in [1.807, 2.05) is 38.1 Å². The summed E-state index contributed by atoms with van der Waals surface area (Å²) in [5.41, 5.74) is 2.01. The molecule has 2 amide bonds. The molecule has 0 spiro atoms. The molecule has 1 N–H and O–H groups in total. The van der Waals surface area contributed by atoms with E-state index < -0.39 is 0 Å². The Morgan fingerprint density at radius 2 is 2.00 bits per heavy atom. The summed E-state index contributed by atoms with van der Waals surface area (Å²) in [5, 5.41) is 3.55. The molecule has 24 heavy (non-hydrogen) atoms. The van der Waals surface area contributed by atoms with Gasteiger partial charge in [0.1, 0.15) is 0 Å². The lowest BCUT2D eigenvalue weighted by molar-refractivity contribution is -0.133. The maximum absolute atomic E-state index is 12.4. The molecule has 0 aliphatic heterocycles. The number of hydrogen-bond acceptors (Lipinski definition) is 4. The first-order valence-electron chi connectivity index (χ1n) is 8.23. The Morgan fingerprint density at radius 3 is 2.67 bits per heavy atom. The molecular formula is C17H24N4O2S. The Morgan fingerprint density at radius 1 is 1.25 bits per heavy atom. The molecule has 0 aliphatic carbocycles. The number of aromatic nitrogens is 2. The highest BCUT2D eigenvalue weighted by molar-refractivity contribution is 7.99. The van der Waals surface area contributed by atoms with Crippen LogP contribution in [0.2, 0.25) is 0 Å². The van der Waals surface area contributed by atoms with E-state index in [0.29, 0.717) is 13.1 Å². The van der Waals surface area contributed by atoms with Crippen LogP contribution < -0.4 is 5.32 Å². The summed E-state index contributed by atoms with van der Waals surface area (Å²) < 4.78 is 2.10. The monoisotopic (exact) mass is 348 g/mol. The lowest BCUT2D eigenvalue weighted by Crippen LogP contribution is -2.41. The fourth-order valence-corrected chi connectivity index (χ4v) is 3.47. The van der Waals surface area contributed by atoms with Crippen LogP contribution in [-0.2, 0) is 16.1 Å². The number of aryl methyl sites for hydroxylation is 1. The molecule has 0 saturated carbocycles. The molecule has 0 unspecified atom stereocenters. The van der Waals surface area contributed by atoms with Crippen molar-refractivity contribution in [2.45, 2.75) is 32.5 Å². The van der Waals surface area contributed by atoms with Crippen molar-refractivity contribution in [3.8, 4) is 0 Å². The van der Waals surface area contributed by atoms with E-state index in [-0.39, 0.29) is 24.1 Å². The van der Waals surface area contributed by atoms with Gasteiger partial charge in [0.05, 0.1) is 23.3 Å². The Kier molecular flexibility index (Phi) is 6.66. The van der Waals surface area contributed by atoms with Crippen molar-refractivity contribution in [1.82, 2.24) is 19.8 Å². The largest absolute Gasteiger partial charge is 0.355 e. The molecular weight excluding hydrogens is 324 g/mol. The van der Waals surface area contributed by atoms with Gasteiger partial charge in [0.25, 0.3) is 0 Å². The van der Waals surface area contributed by atoms with Gasteiger partial charge in [0.15, 0.2) is 5.16 Å². The number of nitrogens with one attached hydrogen (secondary N) is 1. The molecule has 130 valence electrons. The zero-order valence-electron chi connectivity index (χ0n) is 14.4. The maximum Gasteiger partial charge on any atom is 0.239 e. The third-order valence-corrected chi connectivity index (χ3v) is 4.66. The Balaban J connectivity index is 2.04. The molecule has 0 radical (unpaired) electrons. The van der Waals surface area contributed by atoms with Crippen molar-refractivity contribution < 1.29 is 9.59 Å². The number of rotatable bonds is 8. The molecule has 7 heteroatoms. The van der Waals surface area contributed by atoms with Crippen LogP contribution in [0.5, 0.6) is 0 Å². The second-order valence-corrected chi connectivity index (χ2v) is 6.22. The molecule has 1 aromatic carbocycles. The van der Waals surface area contributed by atoms with Gasteiger partial charge >= 0.3 is 0 Å². The maximum atomic E-state index is 12.4. The summed E-state index contributed by atoms with van der Waals surface area (Å²) >= 11 is 1.42. The molecule has 0 aliphatic rings. The van der Waals surface area contributed by atoms with Gasteiger partial charge in [-0.25, -0.2) is 4.98 Å². The predicted octanol–water partition coefficient (Wildman–Crippen LogP) is 2.13. The van der Waals surface area contributed by atoms with Gasteiger partial charge in [-0.05, 0) is 32.9 Å². The van der Waals surface area contributed by atoms with Gasteiger partial charge in [-0.15, -0.1) is 0 Å². The Hall–Kier alpha value is -2.02. The van der Waals surface area contributed by atoms with Crippen LogP contribution in [-0.4, -0.2) is 51.7 Å². The zero-order chi connectivity index (χ0) is 17.5. The standard InChI is InChI=1S/C17H24N4O2S/c1-4-18-15(22)11-20(5-2)16(23)12-24-17-19-13-9-7-8-10-14(13)21(17)6-3/h7-10H,4-6,11-12H2,1-3H3,(H,18,22). The van der Waals surface area contributed by atoms with E-state index in [2.05, 4.69) is 21.8 Å². The molecule has 0 fully saturated rings. The number of thioether (sulfide) groups is 1. The molecule has 1 heterocycles. The highest BCUT2D eigenvalue weighted by Crippen LogP contribution is 2.24. The number of amides is 2. The van der Waals surface area contributed by atoms with Crippen LogP contribution in [0.3, 0.4) is 0 Å². The summed E-state index contributed by atoms with van der Waals surface area (Å²) in [6.07, 6.45) is 0. The van der Waals surface area contributed by atoms with Gasteiger partial charge in [-0.2, -0.15) is 0 Å². The Bertz CT molecular complexity index is 714. The fraction of sp³-hybridized carbons (Fsp3) is 0.471. The van der Waals surface area contributed by atoms with Gasteiger partial charge in [-0.1, -0.05) is 23.9 Å². The fourth-order valence-electron chi connectivity index (χ4n) is 2.49. The molecule has 0 atom stereocenters. The van der Waals surface area contributed by atoms with Gasteiger partial charge in [0.2, 0.25) is 11.8 Å². The highest BCUT2D eigenvalue weighted by atomic mass is 32.2. The normalized spacial score (nSPS) is 10.8. The molecule has 0 bridgehead atoms. The Labute approximate surface area is 146 Å². The average molecular weight is 348 g/mol. The van der Waals surface area contributed by atoms with Crippen LogP contribution in [0.4, 0.5) is 0 Å². The first-order valence-corrected chi connectivity index (χ1v) is 9.21. The minimum atomic E-state index is -0.126. The average Bonchev–Trinajstić information content (AvgIpc) is 2.95. The number of nitrogens with zero attached hydrogens (tertiary/aromatic N) is 3. The highest BCUT2D eigenvalue weighted by Gasteiger charge is 2.17. The van der Waals surface area contributed by atoms with Crippen molar-refractivity contribution in [3.05, 3.63) is 24.3 Å². The smallest absolute Gasteiger partial charge is 0.239 e. The summed E-state index contributed by atoms with van der Waals surface area (Å²) in [6.45, 7) is 7.79. The lowest BCUT2D eigenvalue weighted by Gasteiger charge is -2.20. The first-order chi connectivity index (χ1) is 11.6. The number of hydrogen-bond donors (Lipinski definition) is 1. The van der Waals surface area contributed by atoms with E-state index in [4.69, 9.17) is 0 Å². The minimum absolute atomic E-state index is 0.0523. The number of carbonyl (C=O) groups is 2. The van der Waals surface area contributed by atoms with Crippen molar-refractivity contribution in [3.63, 3.8) is 0 Å². The van der Waals surface area contributed by atoms with Crippen LogP contribution >= 0.6 is 11.8 Å². The third-order valence-electron chi connectivity index (χ3n) is 3.70. The number of para-hydroxylation sites is 2. The SMILES string of the molecule is CCNC(=O)CN(CC)C(=O)CSc1nc2ccccc2n1CC. The summed E-state index contributed by atoms with van der Waals surface area (Å²) in [4.78, 5) is 30.2. The van der Waals surface area contributed by atoms with Gasteiger partial charge in [0, 0.05) is 19.6 Å². The van der Waals surface area contributed by atoms with Crippen molar-refractivity contribution in [2.75, 3.05) is 25.4 Å². The second kappa shape index (κ2) is 8.73. The van der Waals surface area contributed by atoms with Crippen molar-refractivity contribution >= 4 is 34.6 Å². The van der Waals surface area contributed by atoms with Crippen molar-refractivity contribution in [1.29, 1.82) is 0 Å². The number of benzene rings is 1. The van der Waals surface area contributed by atoms with Gasteiger partial charge < -0.3 is 14.8 Å². The lowest BCUT2D eigenvalue weighted by atomic mass is 10.3. The van der Waals surface area contributed by atoms with Crippen LogP contribution in [0, 0.1) is 0 Å². The van der Waals surface area contributed by atoms with E-state index in [1.165, 1.54) is 11.8 Å². The number of imidazole rings is 1. The topological polar surface area (TPSA) is 67.2 Å². The summed E-state index contributed by atoms with van der Waals surface area (Å²) in [5.74, 6) is 0.0956. The van der Waals surface area contributed by atoms with E-state index >= 15 is 0 Å². The number of fused-ring (bicyclic) bond motifs is 1. The molecule has 0 saturated heterocycles. The van der Waals surface area contributed by atoms with E-state index in [1.54, 1.807) is 4.90 Å². The second-order valence-electron chi connectivity index (χ2n) is 5.28. The van der Waals surface area contributed by atoms with Crippen LogP contribution in [0.1, 0.15) is 20.8 Å². The van der Waals surface area contributed by atoms with Crippen LogP contribution in [0.15, 0.2) is 29.4 Å². The minimum Gasteiger partial charge on any atom is -0.355 e. The number of likely N-dealkylation sites (N-methyl/N-ethyl adjacent to an activating group) is 2. The van der Waals surface area contributed by atoms with E-state index in [9.17, 15) is 9.59 Å². The van der Waals surface area contributed by atoms with Gasteiger partial charge in [-0.3, -0.25) is 9.59 Å². The zero-order valence-corrected chi connectivity index (χ0v) is 15.2. The molecule has 6 nitrogen and oxygen atoms in total.